The van der Waals surface area contributed by atoms with E-state index in [9.17, 15) is 10.1 Å². The lowest BCUT2D eigenvalue weighted by molar-refractivity contribution is -0.385. The molecule has 0 aromatic heterocycles. The van der Waals surface area contributed by atoms with Crippen LogP contribution in [0.25, 0.3) is 0 Å². The van der Waals surface area contributed by atoms with E-state index in [1.165, 1.54) is 0 Å². The molecule has 1 aromatic carbocycles. The van der Waals surface area contributed by atoms with Crippen molar-refractivity contribution in [2.24, 2.45) is 0 Å². The fourth-order valence-electron chi connectivity index (χ4n) is 1.44. The lowest BCUT2D eigenvalue weighted by Gasteiger charge is -2.15. The van der Waals surface area contributed by atoms with Crippen LogP contribution in [0, 0.1) is 10.1 Å². The zero-order chi connectivity index (χ0) is 12.0. The van der Waals surface area contributed by atoms with E-state index in [1.807, 2.05) is 19.2 Å². The summed E-state index contributed by atoms with van der Waals surface area (Å²) in [4.78, 5) is 12.6. The molecule has 0 aliphatic carbocycles. The van der Waals surface area contributed by atoms with E-state index in [4.69, 9.17) is 0 Å². The maximum absolute atomic E-state index is 10.8. The molecule has 0 N–H and O–H groups in total. The summed E-state index contributed by atoms with van der Waals surface area (Å²) in [5, 5.41) is 10.8. The van der Waals surface area contributed by atoms with Gasteiger partial charge in [0.2, 0.25) is 0 Å². The number of nitrogens with zero attached hydrogens (tertiary/aromatic N) is 2. The van der Waals surface area contributed by atoms with Gasteiger partial charge in [0, 0.05) is 30.5 Å². The van der Waals surface area contributed by atoms with Crippen molar-refractivity contribution in [3.63, 3.8) is 0 Å². The first-order chi connectivity index (χ1) is 7.65. The molecule has 0 radical (unpaired) electrons. The Morgan fingerprint density at radius 2 is 2.12 bits per heavy atom. The van der Waals surface area contributed by atoms with Crippen molar-refractivity contribution in [1.82, 2.24) is 4.90 Å². The van der Waals surface area contributed by atoms with Crippen LogP contribution in [0.15, 0.2) is 24.3 Å². The van der Waals surface area contributed by atoms with Gasteiger partial charge in [0.1, 0.15) is 0 Å². The maximum Gasteiger partial charge on any atom is 0.273 e. The molecule has 5 heteroatoms. The first-order valence-electron chi connectivity index (χ1n) is 5.05. The van der Waals surface area contributed by atoms with Crippen LogP contribution in [0.3, 0.4) is 0 Å². The summed E-state index contributed by atoms with van der Waals surface area (Å²) in [5.74, 6) is 1.04. The molecular weight excluding hydrogens is 224 g/mol. The SMILES string of the molecule is CSCCN(C)Cc1ccccc1[N+](=O)[O-]. The number of benzene rings is 1. The van der Waals surface area contributed by atoms with E-state index < -0.39 is 0 Å². The quantitative estimate of drug-likeness (QED) is 0.566. The molecule has 4 nitrogen and oxygen atoms in total. The van der Waals surface area contributed by atoms with Crippen LogP contribution in [0.1, 0.15) is 5.56 Å². The number of nitro groups is 1. The van der Waals surface area contributed by atoms with Crippen LogP contribution in [0.2, 0.25) is 0 Å². The molecule has 1 rings (SSSR count). The smallest absolute Gasteiger partial charge is 0.273 e. The van der Waals surface area contributed by atoms with Gasteiger partial charge in [0.15, 0.2) is 0 Å². The van der Waals surface area contributed by atoms with E-state index in [0.717, 1.165) is 17.9 Å². The lowest BCUT2D eigenvalue weighted by Crippen LogP contribution is -2.21. The molecular formula is C11H16N2O2S. The first-order valence-corrected chi connectivity index (χ1v) is 6.44. The van der Waals surface area contributed by atoms with E-state index in [-0.39, 0.29) is 10.6 Å². The highest BCUT2D eigenvalue weighted by molar-refractivity contribution is 7.98. The van der Waals surface area contributed by atoms with Gasteiger partial charge < -0.3 is 4.90 Å². The van der Waals surface area contributed by atoms with Crippen LogP contribution < -0.4 is 0 Å². The van der Waals surface area contributed by atoms with E-state index in [1.54, 1.807) is 23.9 Å². The number of para-hydroxylation sites is 1. The highest BCUT2D eigenvalue weighted by Crippen LogP contribution is 2.18. The minimum Gasteiger partial charge on any atom is -0.301 e. The molecule has 0 saturated carbocycles. The number of thioether (sulfide) groups is 1. The van der Waals surface area contributed by atoms with E-state index in [2.05, 4.69) is 11.2 Å². The van der Waals surface area contributed by atoms with Gasteiger partial charge >= 0.3 is 0 Å². The third-order valence-corrected chi connectivity index (χ3v) is 2.90. The fraction of sp³-hybridized carbons (Fsp3) is 0.455. The van der Waals surface area contributed by atoms with Crippen molar-refractivity contribution < 1.29 is 4.92 Å². The molecule has 1 aromatic rings. The van der Waals surface area contributed by atoms with Crippen molar-refractivity contribution in [3.8, 4) is 0 Å². The van der Waals surface area contributed by atoms with Gasteiger partial charge in [-0.3, -0.25) is 10.1 Å². The molecule has 0 saturated heterocycles. The minimum atomic E-state index is -0.322. The molecule has 0 atom stereocenters. The Morgan fingerprint density at radius 1 is 1.44 bits per heavy atom. The molecule has 0 aliphatic heterocycles. The topological polar surface area (TPSA) is 46.4 Å². The second kappa shape index (κ2) is 6.50. The van der Waals surface area contributed by atoms with Crippen molar-refractivity contribution in [2.75, 3.05) is 25.6 Å². The Bertz CT molecular complexity index is 358. The third kappa shape index (κ3) is 3.83. The summed E-state index contributed by atoms with van der Waals surface area (Å²) in [7, 11) is 1.98. The van der Waals surface area contributed by atoms with Crippen LogP contribution in [-0.4, -0.2) is 35.4 Å². The molecule has 0 unspecified atom stereocenters. The standard InChI is InChI=1S/C11H16N2O2S/c1-12(7-8-16-2)9-10-5-3-4-6-11(10)13(14)15/h3-6H,7-9H2,1-2H3. The van der Waals surface area contributed by atoms with Gasteiger partial charge in [-0.25, -0.2) is 0 Å². The monoisotopic (exact) mass is 240 g/mol. The lowest BCUT2D eigenvalue weighted by atomic mass is 10.2. The predicted molar refractivity (Wildman–Crippen MR) is 67.8 cm³/mol. The molecule has 0 bridgehead atoms. The Balaban J connectivity index is 2.69. The molecule has 0 amide bonds. The average Bonchev–Trinajstić information content (AvgIpc) is 2.27. The van der Waals surface area contributed by atoms with Crippen LogP contribution in [0.4, 0.5) is 5.69 Å². The molecule has 16 heavy (non-hydrogen) atoms. The fourth-order valence-corrected chi connectivity index (χ4v) is 1.93. The van der Waals surface area contributed by atoms with Crippen molar-refractivity contribution in [1.29, 1.82) is 0 Å². The number of rotatable bonds is 6. The Morgan fingerprint density at radius 3 is 2.75 bits per heavy atom. The molecule has 0 fully saturated rings. The normalized spacial score (nSPS) is 10.7. The summed E-state index contributed by atoms with van der Waals surface area (Å²) < 4.78 is 0. The van der Waals surface area contributed by atoms with Gasteiger partial charge in [-0.2, -0.15) is 11.8 Å². The second-order valence-electron chi connectivity index (χ2n) is 3.62. The number of hydrogen-bond donors (Lipinski definition) is 0. The van der Waals surface area contributed by atoms with Gasteiger partial charge in [0.05, 0.1) is 4.92 Å². The summed E-state index contributed by atoms with van der Waals surface area (Å²) in [6, 6.07) is 6.90. The number of nitro benzene ring substituents is 1. The predicted octanol–water partition coefficient (Wildman–Crippen LogP) is 2.39. The van der Waals surface area contributed by atoms with Gasteiger partial charge in [-0.1, -0.05) is 18.2 Å². The molecule has 88 valence electrons. The summed E-state index contributed by atoms with van der Waals surface area (Å²) in [5.41, 5.74) is 0.981. The summed E-state index contributed by atoms with van der Waals surface area (Å²) >= 11 is 1.78. The van der Waals surface area contributed by atoms with Crippen molar-refractivity contribution >= 4 is 17.4 Å². The van der Waals surface area contributed by atoms with E-state index >= 15 is 0 Å². The van der Waals surface area contributed by atoms with Crippen LogP contribution in [-0.2, 0) is 6.54 Å². The van der Waals surface area contributed by atoms with E-state index in [0.29, 0.717) is 6.54 Å². The van der Waals surface area contributed by atoms with Crippen molar-refractivity contribution in [3.05, 3.63) is 39.9 Å². The molecule has 0 aliphatic rings. The summed E-state index contributed by atoms with van der Waals surface area (Å²) in [6.07, 6.45) is 2.05. The van der Waals surface area contributed by atoms with Crippen molar-refractivity contribution in [2.45, 2.75) is 6.54 Å². The van der Waals surface area contributed by atoms with Gasteiger partial charge in [-0.15, -0.1) is 0 Å². The van der Waals surface area contributed by atoms with Gasteiger partial charge in [0.25, 0.3) is 5.69 Å². The van der Waals surface area contributed by atoms with Gasteiger partial charge in [-0.05, 0) is 13.3 Å². The largest absolute Gasteiger partial charge is 0.301 e. The Hall–Kier alpha value is -1.07. The molecule has 0 spiro atoms. The highest BCUT2D eigenvalue weighted by Gasteiger charge is 2.13. The van der Waals surface area contributed by atoms with Crippen LogP contribution in [0.5, 0.6) is 0 Å². The maximum atomic E-state index is 10.8. The minimum absolute atomic E-state index is 0.207. The third-order valence-electron chi connectivity index (χ3n) is 2.31. The average molecular weight is 240 g/mol. The molecule has 0 heterocycles. The highest BCUT2D eigenvalue weighted by atomic mass is 32.2. The first kappa shape index (κ1) is 13.0. The zero-order valence-electron chi connectivity index (χ0n) is 9.55. The number of hydrogen-bond acceptors (Lipinski definition) is 4. The Kier molecular flexibility index (Phi) is 5.28. The van der Waals surface area contributed by atoms with Crippen LogP contribution >= 0.6 is 11.8 Å². The second-order valence-corrected chi connectivity index (χ2v) is 4.60. The zero-order valence-corrected chi connectivity index (χ0v) is 10.4. The summed E-state index contributed by atoms with van der Waals surface area (Å²) in [6.45, 7) is 1.56. The Labute approximate surface area is 99.8 Å².